The normalized spacial score (nSPS) is 16.0. The summed E-state index contributed by atoms with van der Waals surface area (Å²) in [5, 5.41) is 5.47. The molecule has 0 fully saturated rings. The zero-order chi connectivity index (χ0) is 22.0. The summed E-state index contributed by atoms with van der Waals surface area (Å²) in [5.74, 6) is -0.408. The molecule has 9 heteroatoms. The Hall–Kier alpha value is -3.30. The first-order valence-corrected chi connectivity index (χ1v) is 11.5. The van der Waals surface area contributed by atoms with Crippen LogP contribution in [0.2, 0.25) is 0 Å². The molecule has 0 saturated carbocycles. The molecular weight excluding hydrogens is 432 g/mol. The Morgan fingerprint density at radius 1 is 1.06 bits per heavy atom. The molecular formula is C22H20N4O3S2. The third-order valence-electron chi connectivity index (χ3n) is 4.60. The highest BCUT2D eigenvalue weighted by molar-refractivity contribution is 8.01. The van der Waals surface area contributed by atoms with E-state index >= 15 is 0 Å². The number of benzene rings is 3. The first-order valence-electron chi connectivity index (χ1n) is 9.46. The van der Waals surface area contributed by atoms with Crippen molar-refractivity contribution in [2.75, 3.05) is 21.1 Å². The van der Waals surface area contributed by atoms with Gasteiger partial charge in [-0.25, -0.2) is 4.21 Å². The predicted molar refractivity (Wildman–Crippen MR) is 126 cm³/mol. The molecule has 3 aromatic rings. The second-order valence-electron chi connectivity index (χ2n) is 6.94. The zero-order valence-electron chi connectivity index (χ0n) is 16.5. The molecule has 5 N–H and O–H groups in total. The van der Waals surface area contributed by atoms with Crippen LogP contribution in [-0.2, 0) is 15.8 Å². The Balaban J connectivity index is 1.47. The van der Waals surface area contributed by atoms with Crippen LogP contribution in [0.4, 0.5) is 22.7 Å². The number of nitrogens with one attached hydrogen (secondary N) is 3. The Kier molecular flexibility index (Phi) is 5.97. The van der Waals surface area contributed by atoms with Crippen LogP contribution in [0.5, 0.6) is 0 Å². The van der Waals surface area contributed by atoms with Gasteiger partial charge in [0.15, 0.2) is 0 Å². The van der Waals surface area contributed by atoms with Crippen molar-refractivity contribution >= 4 is 57.3 Å². The van der Waals surface area contributed by atoms with Crippen molar-refractivity contribution in [1.29, 1.82) is 0 Å². The third kappa shape index (κ3) is 4.89. The summed E-state index contributed by atoms with van der Waals surface area (Å²) < 4.78 is 15.5. The second kappa shape index (κ2) is 8.83. The molecule has 2 amide bonds. The van der Waals surface area contributed by atoms with E-state index in [1.54, 1.807) is 60.7 Å². The number of fused-ring (bicyclic) bond motifs is 1. The maximum absolute atomic E-state index is 12.7. The first kappa shape index (κ1) is 21.0. The fraction of sp³-hybridized carbons (Fsp3) is 0.0909. The van der Waals surface area contributed by atoms with Crippen LogP contribution in [-0.4, -0.2) is 21.3 Å². The highest BCUT2D eigenvalue weighted by Gasteiger charge is 2.23. The van der Waals surface area contributed by atoms with Crippen LogP contribution in [0.1, 0.15) is 17.3 Å². The van der Waals surface area contributed by atoms with Crippen LogP contribution in [0, 0.1) is 0 Å². The van der Waals surface area contributed by atoms with Gasteiger partial charge in [0.2, 0.25) is 5.91 Å². The lowest BCUT2D eigenvalue weighted by atomic mass is 10.1. The molecule has 2 unspecified atom stereocenters. The van der Waals surface area contributed by atoms with Gasteiger partial charge in [0.05, 0.1) is 15.8 Å². The van der Waals surface area contributed by atoms with Gasteiger partial charge in [-0.3, -0.25) is 9.59 Å². The molecule has 158 valence electrons. The maximum Gasteiger partial charge on any atom is 0.255 e. The molecule has 0 spiro atoms. The lowest BCUT2D eigenvalue weighted by Crippen LogP contribution is -2.26. The summed E-state index contributed by atoms with van der Waals surface area (Å²) in [6.07, 6.45) is 0. The predicted octanol–water partition coefficient (Wildman–Crippen LogP) is 4.09. The van der Waals surface area contributed by atoms with Crippen LogP contribution in [0.25, 0.3) is 0 Å². The van der Waals surface area contributed by atoms with E-state index in [4.69, 9.17) is 5.73 Å². The Labute approximate surface area is 186 Å². The van der Waals surface area contributed by atoms with Crippen LogP contribution in [0.3, 0.4) is 0 Å². The average molecular weight is 453 g/mol. The molecule has 1 heterocycles. The van der Waals surface area contributed by atoms with Crippen molar-refractivity contribution in [3.05, 3.63) is 72.3 Å². The third-order valence-corrected chi connectivity index (χ3v) is 6.88. The van der Waals surface area contributed by atoms with Gasteiger partial charge in [-0.05, 0) is 67.6 Å². The van der Waals surface area contributed by atoms with Gasteiger partial charge >= 0.3 is 0 Å². The molecule has 31 heavy (non-hydrogen) atoms. The summed E-state index contributed by atoms with van der Waals surface area (Å²) in [5.41, 5.74) is 8.52. The van der Waals surface area contributed by atoms with E-state index in [0.717, 1.165) is 4.90 Å². The number of anilines is 4. The Morgan fingerprint density at radius 2 is 1.84 bits per heavy atom. The number of hydrogen-bond donors (Lipinski definition) is 4. The number of carbonyl (C=O) groups excluding carboxylic acids is 2. The SMILES string of the molecule is CC1Sc2ccc(C(=O)Nc3cccc(S(=O)Nc4ccc(N)cc4)c3)cc2NC1=O. The fourth-order valence-corrected chi connectivity index (χ4v) is 4.79. The van der Waals surface area contributed by atoms with Crippen molar-refractivity contribution in [3.8, 4) is 0 Å². The summed E-state index contributed by atoms with van der Waals surface area (Å²) in [4.78, 5) is 26.1. The van der Waals surface area contributed by atoms with Crippen LogP contribution < -0.4 is 21.1 Å². The number of hydrogen-bond acceptors (Lipinski definition) is 5. The number of carbonyl (C=O) groups is 2. The molecule has 0 aliphatic carbocycles. The minimum absolute atomic E-state index is 0.0844. The second-order valence-corrected chi connectivity index (χ2v) is 9.53. The van der Waals surface area contributed by atoms with E-state index in [-0.39, 0.29) is 17.1 Å². The Morgan fingerprint density at radius 3 is 2.61 bits per heavy atom. The maximum atomic E-state index is 12.7. The highest BCUT2D eigenvalue weighted by Crippen LogP contribution is 2.36. The van der Waals surface area contributed by atoms with Gasteiger partial charge in [0.1, 0.15) is 11.0 Å². The molecule has 1 aliphatic heterocycles. The van der Waals surface area contributed by atoms with Gasteiger partial charge in [-0.15, -0.1) is 11.8 Å². The van der Waals surface area contributed by atoms with Crippen molar-refractivity contribution in [2.24, 2.45) is 0 Å². The number of thioether (sulfide) groups is 1. The molecule has 2 atom stereocenters. The van der Waals surface area contributed by atoms with Crippen molar-refractivity contribution in [1.82, 2.24) is 0 Å². The fourth-order valence-electron chi connectivity index (χ4n) is 2.96. The minimum atomic E-state index is -1.51. The monoisotopic (exact) mass is 452 g/mol. The molecule has 0 radical (unpaired) electrons. The highest BCUT2D eigenvalue weighted by atomic mass is 32.2. The summed E-state index contributed by atoms with van der Waals surface area (Å²) in [6, 6.07) is 18.9. The molecule has 1 aliphatic rings. The minimum Gasteiger partial charge on any atom is -0.399 e. The van der Waals surface area contributed by atoms with Crippen molar-refractivity contribution in [3.63, 3.8) is 0 Å². The standard InChI is InChI=1S/C22H20N4O3S2/c1-13-21(27)25-19-11-14(5-10-20(19)30-13)22(28)24-17-3-2-4-18(12-17)31(29)26-16-8-6-15(23)7-9-16/h2-13,26H,23H2,1H3,(H,24,28)(H,25,27). The van der Waals surface area contributed by atoms with Gasteiger partial charge < -0.3 is 21.1 Å². The first-order chi connectivity index (χ1) is 14.9. The van der Waals surface area contributed by atoms with Crippen molar-refractivity contribution < 1.29 is 13.8 Å². The lowest BCUT2D eigenvalue weighted by Gasteiger charge is -2.21. The molecule has 0 aromatic heterocycles. The zero-order valence-corrected chi connectivity index (χ0v) is 18.2. The number of amides is 2. The smallest absolute Gasteiger partial charge is 0.255 e. The van der Waals surface area contributed by atoms with Crippen molar-refractivity contribution in [2.45, 2.75) is 22.0 Å². The number of nitrogens with two attached hydrogens (primary N) is 1. The average Bonchev–Trinajstić information content (AvgIpc) is 2.76. The van der Waals surface area contributed by atoms with E-state index in [0.29, 0.717) is 33.2 Å². The lowest BCUT2D eigenvalue weighted by molar-refractivity contribution is -0.115. The van der Waals surface area contributed by atoms with E-state index in [9.17, 15) is 13.8 Å². The molecule has 0 saturated heterocycles. The summed E-state index contributed by atoms with van der Waals surface area (Å²) >= 11 is 1.46. The van der Waals surface area contributed by atoms with Gasteiger partial charge in [-0.2, -0.15) is 0 Å². The van der Waals surface area contributed by atoms with Crippen LogP contribution >= 0.6 is 11.8 Å². The topological polar surface area (TPSA) is 113 Å². The summed E-state index contributed by atoms with van der Waals surface area (Å²) in [7, 11) is -1.51. The molecule has 4 rings (SSSR count). The van der Waals surface area contributed by atoms with Crippen LogP contribution in [0.15, 0.2) is 76.5 Å². The summed E-state index contributed by atoms with van der Waals surface area (Å²) in [6.45, 7) is 1.84. The Bertz CT molecular complexity index is 1180. The number of nitrogen functional groups attached to an aromatic ring is 1. The molecule has 7 nitrogen and oxygen atoms in total. The van der Waals surface area contributed by atoms with E-state index in [1.807, 2.05) is 13.0 Å². The quantitative estimate of drug-likeness (QED) is 0.436. The van der Waals surface area contributed by atoms with E-state index in [1.165, 1.54) is 11.8 Å². The van der Waals surface area contributed by atoms with E-state index in [2.05, 4.69) is 15.4 Å². The largest absolute Gasteiger partial charge is 0.399 e. The van der Waals surface area contributed by atoms with Gasteiger partial charge in [-0.1, -0.05) is 6.07 Å². The molecule has 3 aromatic carbocycles. The van der Waals surface area contributed by atoms with Gasteiger partial charge in [0.25, 0.3) is 5.91 Å². The van der Waals surface area contributed by atoms with E-state index < -0.39 is 11.0 Å². The van der Waals surface area contributed by atoms with Gasteiger partial charge in [0, 0.05) is 27.5 Å². The number of rotatable bonds is 5. The molecule has 0 bridgehead atoms.